The molecule has 1 N–H and O–H groups in total. The molecule has 0 saturated carbocycles. The van der Waals surface area contributed by atoms with Crippen LogP contribution in [0.1, 0.15) is 25.2 Å². The Morgan fingerprint density at radius 2 is 1.94 bits per heavy atom. The fourth-order valence-corrected chi connectivity index (χ4v) is 4.93. The summed E-state index contributed by atoms with van der Waals surface area (Å²) in [6.07, 6.45) is 3.40. The quantitative estimate of drug-likeness (QED) is 0.421. The largest absolute Gasteiger partial charge is 0.493 e. The molecule has 0 aliphatic carbocycles. The van der Waals surface area contributed by atoms with Crippen LogP contribution in [0, 0.1) is 0 Å². The molecule has 0 aliphatic rings. The van der Waals surface area contributed by atoms with Crippen molar-refractivity contribution in [3.8, 4) is 11.5 Å². The molecule has 0 aliphatic heterocycles. The third-order valence-corrected chi connectivity index (χ3v) is 7.19. The van der Waals surface area contributed by atoms with Crippen molar-refractivity contribution >= 4 is 43.8 Å². The minimum Gasteiger partial charge on any atom is -0.493 e. The van der Waals surface area contributed by atoms with Crippen molar-refractivity contribution < 1.29 is 17.9 Å². The zero-order valence-corrected chi connectivity index (χ0v) is 19.8. The second-order valence-electron chi connectivity index (χ2n) is 6.86. The van der Waals surface area contributed by atoms with Crippen LogP contribution in [0.15, 0.2) is 53.9 Å². The van der Waals surface area contributed by atoms with Crippen LogP contribution in [0.4, 0.5) is 0 Å². The summed E-state index contributed by atoms with van der Waals surface area (Å²) in [6.45, 7) is 8.44. The number of rotatable bonds is 10. The van der Waals surface area contributed by atoms with Gasteiger partial charge in [-0.3, -0.25) is 0 Å². The fraction of sp³-hybridized carbons (Fsp3) is 0.261. The van der Waals surface area contributed by atoms with Crippen LogP contribution in [0.3, 0.4) is 0 Å². The molecule has 32 heavy (non-hydrogen) atoms. The standard InChI is InChI=1S/C23H26ClN3O4S/c1-5-12-31-21-11-8-16(14-22(21)30-4)13-18(24)23-25-19-10-9-17(15-20(19)26-23)32(28,29)27(6-2)7-3/h5,8-11,13-15H,1,6-7,12H2,2-4H3,(H,25,26)/b18-13-. The third-order valence-electron chi connectivity index (χ3n) is 4.86. The number of sulfonamides is 1. The second kappa shape index (κ2) is 10.2. The van der Waals surface area contributed by atoms with Crippen molar-refractivity contribution in [1.29, 1.82) is 0 Å². The number of nitrogens with zero attached hydrogens (tertiary/aromatic N) is 2. The summed E-state index contributed by atoms with van der Waals surface area (Å²) in [4.78, 5) is 7.81. The molecular weight excluding hydrogens is 450 g/mol. The first-order valence-corrected chi connectivity index (χ1v) is 11.9. The number of aromatic amines is 1. The summed E-state index contributed by atoms with van der Waals surface area (Å²) in [5.41, 5.74) is 2.00. The smallest absolute Gasteiger partial charge is 0.243 e. The molecule has 0 bridgehead atoms. The van der Waals surface area contributed by atoms with E-state index in [1.807, 2.05) is 19.9 Å². The summed E-state index contributed by atoms with van der Waals surface area (Å²) < 4.78 is 38.0. The molecule has 0 atom stereocenters. The molecule has 0 fully saturated rings. The Balaban J connectivity index is 1.93. The zero-order valence-electron chi connectivity index (χ0n) is 18.3. The van der Waals surface area contributed by atoms with Gasteiger partial charge in [0.05, 0.1) is 28.1 Å². The molecule has 1 heterocycles. The molecule has 0 amide bonds. The third kappa shape index (κ3) is 4.98. The van der Waals surface area contributed by atoms with E-state index >= 15 is 0 Å². The lowest BCUT2D eigenvalue weighted by Crippen LogP contribution is -2.30. The zero-order chi connectivity index (χ0) is 23.3. The van der Waals surface area contributed by atoms with E-state index in [1.165, 1.54) is 4.31 Å². The molecule has 1 aromatic heterocycles. The number of benzene rings is 2. The van der Waals surface area contributed by atoms with E-state index in [0.717, 1.165) is 5.56 Å². The van der Waals surface area contributed by atoms with Crippen molar-refractivity contribution in [2.45, 2.75) is 18.7 Å². The van der Waals surface area contributed by atoms with E-state index < -0.39 is 10.0 Å². The van der Waals surface area contributed by atoms with E-state index in [-0.39, 0.29) is 4.90 Å². The number of nitrogens with one attached hydrogen (secondary N) is 1. The predicted molar refractivity (Wildman–Crippen MR) is 129 cm³/mol. The van der Waals surface area contributed by atoms with Crippen LogP contribution in [0.5, 0.6) is 11.5 Å². The Kier molecular flexibility index (Phi) is 7.60. The summed E-state index contributed by atoms with van der Waals surface area (Å²) in [7, 11) is -2.00. The van der Waals surface area contributed by atoms with E-state index in [0.29, 0.717) is 53.1 Å². The Bertz CT molecular complexity index is 1250. The van der Waals surface area contributed by atoms with Gasteiger partial charge in [0.1, 0.15) is 12.4 Å². The van der Waals surface area contributed by atoms with Crippen molar-refractivity contribution in [2.75, 3.05) is 26.8 Å². The Morgan fingerprint density at radius 3 is 2.59 bits per heavy atom. The van der Waals surface area contributed by atoms with Crippen LogP contribution in [-0.4, -0.2) is 49.5 Å². The van der Waals surface area contributed by atoms with Crippen molar-refractivity contribution in [1.82, 2.24) is 14.3 Å². The van der Waals surface area contributed by atoms with Crippen LogP contribution in [0.2, 0.25) is 0 Å². The Hall–Kier alpha value is -2.81. The van der Waals surface area contributed by atoms with E-state index in [9.17, 15) is 8.42 Å². The number of ether oxygens (including phenoxy) is 2. The molecule has 7 nitrogen and oxygen atoms in total. The molecule has 0 radical (unpaired) electrons. The first-order chi connectivity index (χ1) is 15.3. The van der Waals surface area contributed by atoms with Gasteiger partial charge in [0.25, 0.3) is 0 Å². The molecular formula is C23H26ClN3O4S. The van der Waals surface area contributed by atoms with Crippen LogP contribution in [0.25, 0.3) is 22.1 Å². The predicted octanol–water partition coefficient (Wildman–Crippen LogP) is 4.90. The molecule has 3 rings (SSSR count). The number of hydrogen-bond acceptors (Lipinski definition) is 5. The molecule has 3 aromatic rings. The maximum absolute atomic E-state index is 12.8. The summed E-state index contributed by atoms with van der Waals surface area (Å²) in [5.74, 6) is 1.61. The maximum atomic E-state index is 12.8. The first kappa shape index (κ1) is 23.8. The lowest BCUT2D eigenvalue weighted by atomic mass is 10.2. The highest BCUT2D eigenvalue weighted by molar-refractivity contribution is 7.89. The van der Waals surface area contributed by atoms with E-state index in [1.54, 1.807) is 49.6 Å². The van der Waals surface area contributed by atoms with Crippen LogP contribution in [-0.2, 0) is 10.0 Å². The van der Waals surface area contributed by atoms with Crippen LogP contribution < -0.4 is 9.47 Å². The lowest BCUT2D eigenvalue weighted by molar-refractivity contribution is 0.326. The van der Waals surface area contributed by atoms with E-state index in [2.05, 4.69) is 16.5 Å². The monoisotopic (exact) mass is 475 g/mol. The number of fused-ring (bicyclic) bond motifs is 1. The number of halogens is 1. The van der Waals surface area contributed by atoms with Gasteiger partial charge in [0.15, 0.2) is 11.5 Å². The molecule has 9 heteroatoms. The van der Waals surface area contributed by atoms with Gasteiger partial charge in [-0.2, -0.15) is 4.31 Å². The summed E-state index contributed by atoms with van der Waals surface area (Å²) in [6, 6.07) is 10.3. The molecule has 0 spiro atoms. The highest BCUT2D eigenvalue weighted by Crippen LogP contribution is 2.31. The van der Waals surface area contributed by atoms with Gasteiger partial charge in [0.2, 0.25) is 10.0 Å². The number of imidazole rings is 1. The number of methoxy groups -OCH3 is 1. The number of H-pyrrole nitrogens is 1. The molecule has 2 aromatic carbocycles. The second-order valence-corrected chi connectivity index (χ2v) is 9.20. The van der Waals surface area contributed by atoms with Crippen molar-refractivity contribution in [3.63, 3.8) is 0 Å². The summed E-state index contributed by atoms with van der Waals surface area (Å²) in [5, 5.41) is 0.371. The summed E-state index contributed by atoms with van der Waals surface area (Å²) >= 11 is 6.51. The van der Waals surface area contributed by atoms with Crippen molar-refractivity contribution in [2.24, 2.45) is 0 Å². The normalized spacial score (nSPS) is 12.3. The average molecular weight is 476 g/mol. The van der Waals surface area contributed by atoms with Gasteiger partial charge in [-0.1, -0.05) is 44.2 Å². The van der Waals surface area contributed by atoms with Gasteiger partial charge >= 0.3 is 0 Å². The highest BCUT2D eigenvalue weighted by atomic mass is 35.5. The fourth-order valence-electron chi connectivity index (χ4n) is 3.23. The van der Waals surface area contributed by atoms with Gasteiger partial charge < -0.3 is 14.5 Å². The molecule has 0 unspecified atom stereocenters. The number of hydrogen-bond donors (Lipinski definition) is 1. The van der Waals surface area contributed by atoms with Crippen molar-refractivity contribution in [3.05, 3.63) is 60.4 Å². The van der Waals surface area contributed by atoms with Gasteiger partial charge in [-0.05, 0) is 42.0 Å². The SMILES string of the molecule is C=CCOc1ccc(/C=C(\Cl)c2nc3ccc(S(=O)(=O)N(CC)CC)cc3[nH]2)cc1OC. The Labute approximate surface area is 193 Å². The van der Waals surface area contributed by atoms with Gasteiger partial charge in [-0.15, -0.1) is 0 Å². The van der Waals surface area contributed by atoms with E-state index in [4.69, 9.17) is 21.1 Å². The topological polar surface area (TPSA) is 84.5 Å². The first-order valence-electron chi connectivity index (χ1n) is 10.1. The minimum absolute atomic E-state index is 0.212. The molecule has 170 valence electrons. The maximum Gasteiger partial charge on any atom is 0.243 e. The van der Waals surface area contributed by atoms with Gasteiger partial charge in [-0.25, -0.2) is 13.4 Å². The highest BCUT2D eigenvalue weighted by Gasteiger charge is 2.22. The lowest BCUT2D eigenvalue weighted by Gasteiger charge is -2.18. The van der Waals surface area contributed by atoms with Gasteiger partial charge in [0, 0.05) is 13.1 Å². The number of aromatic nitrogens is 2. The minimum atomic E-state index is -3.56. The molecule has 0 saturated heterocycles. The average Bonchev–Trinajstić information content (AvgIpc) is 3.22. The Morgan fingerprint density at radius 1 is 1.19 bits per heavy atom. The van der Waals surface area contributed by atoms with Crippen LogP contribution >= 0.6 is 11.6 Å².